The molecule has 2 aliphatic heterocycles. The average molecular weight is 854 g/mol. The van der Waals surface area contributed by atoms with Crippen LogP contribution in [0.25, 0.3) is 0 Å². The third-order valence-electron chi connectivity index (χ3n) is 12.5. The predicted molar refractivity (Wildman–Crippen MR) is 224 cm³/mol. The molecule has 0 unspecified atom stereocenters. The Morgan fingerprint density at radius 2 is 1.53 bits per heavy atom. The van der Waals surface area contributed by atoms with Gasteiger partial charge in [-0.3, -0.25) is 9.69 Å². The number of aliphatic hydroxyl groups excluding tert-OH is 1. The molecule has 0 radical (unpaired) electrons. The summed E-state index contributed by atoms with van der Waals surface area (Å²) in [5.74, 6) is -2.82. The van der Waals surface area contributed by atoms with Crippen molar-refractivity contribution in [3.05, 3.63) is 29.8 Å². The Balaban J connectivity index is 2.07. The van der Waals surface area contributed by atoms with Gasteiger partial charge in [-0.1, -0.05) is 46.2 Å². The molecular formula is C44H75N3O13. The number of carbonyl (C=O) groups is 3. The second-order valence-electron chi connectivity index (χ2n) is 17.9. The zero-order valence-corrected chi connectivity index (χ0v) is 37.9. The van der Waals surface area contributed by atoms with Crippen LogP contribution in [0.15, 0.2) is 24.3 Å². The molecule has 1 aromatic rings. The van der Waals surface area contributed by atoms with E-state index in [2.05, 4.69) is 10.6 Å². The normalized spacial score (nSPS) is 37.5. The van der Waals surface area contributed by atoms with E-state index in [-0.39, 0.29) is 37.5 Å². The second kappa shape index (κ2) is 22.2. The minimum Gasteiger partial charge on any atom is -0.508 e. The fourth-order valence-electron chi connectivity index (χ4n) is 8.75. The number of hydrogen-bond donors (Lipinski definition) is 6. The molecular weight excluding hydrogens is 778 g/mol. The number of hydrogen-bond acceptors (Lipinski definition) is 14. The van der Waals surface area contributed by atoms with E-state index < -0.39 is 95.8 Å². The number of methoxy groups -OCH3 is 1. The van der Waals surface area contributed by atoms with Crippen molar-refractivity contribution >= 4 is 18.2 Å². The molecule has 2 heterocycles. The van der Waals surface area contributed by atoms with Gasteiger partial charge in [0.2, 0.25) is 0 Å². The second-order valence-corrected chi connectivity index (χ2v) is 17.9. The Labute approximate surface area is 356 Å². The van der Waals surface area contributed by atoms with Crippen molar-refractivity contribution in [3.8, 4) is 5.75 Å². The molecule has 16 nitrogen and oxygen atoms in total. The van der Waals surface area contributed by atoms with Gasteiger partial charge in [-0.05, 0) is 97.9 Å². The monoisotopic (exact) mass is 854 g/mol. The summed E-state index contributed by atoms with van der Waals surface area (Å²) in [6.07, 6.45) is -6.52. The summed E-state index contributed by atoms with van der Waals surface area (Å²) in [6, 6.07) is 5.99. The van der Waals surface area contributed by atoms with Crippen molar-refractivity contribution in [2.24, 2.45) is 17.8 Å². The average Bonchev–Trinajstić information content (AvgIpc) is 3.18. The topological polar surface area (TPSA) is 215 Å². The highest BCUT2D eigenvalue weighted by atomic mass is 16.7. The predicted octanol–water partition coefficient (Wildman–Crippen LogP) is 4.67. The van der Waals surface area contributed by atoms with E-state index in [9.17, 15) is 34.8 Å². The highest BCUT2D eigenvalue weighted by Gasteiger charge is 2.52. The lowest BCUT2D eigenvalue weighted by atomic mass is 9.78. The summed E-state index contributed by atoms with van der Waals surface area (Å²) in [7, 11) is 3.30. The van der Waals surface area contributed by atoms with E-state index in [0.29, 0.717) is 19.5 Å². The van der Waals surface area contributed by atoms with Gasteiger partial charge in [0.25, 0.3) is 0 Å². The van der Waals surface area contributed by atoms with Crippen molar-refractivity contribution in [3.63, 3.8) is 0 Å². The summed E-state index contributed by atoms with van der Waals surface area (Å²) in [5.41, 5.74) is -3.76. The Bertz CT molecular complexity index is 1510. The van der Waals surface area contributed by atoms with E-state index in [1.807, 2.05) is 25.8 Å². The van der Waals surface area contributed by atoms with E-state index >= 15 is 0 Å². The van der Waals surface area contributed by atoms with E-state index in [0.717, 1.165) is 18.4 Å². The Kier molecular flexibility index (Phi) is 18.9. The van der Waals surface area contributed by atoms with Crippen LogP contribution in [0.2, 0.25) is 0 Å². The maximum absolute atomic E-state index is 14.4. The van der Waals surface area contributed by atoms with Crippen molar-refractivity contribution in [1.82, 2.24) is 15.5 Å². The molecule has 16 heteroatoms. The molecule has 3 rings (SSSR count). The summed E-state index contributed by atoms with van der Waals surface area (Å²) in [5, 5.41) is 50.9. The molecule has 0 aromatic heterocycles. The number of benzene rings is 1. The van der Waals surface area contributed by atoms with Gasteiger partial charge in [0.15, 0.2) is 12.4 Å². The lowest BCUT2D eigenvalue weighted by molar-refractivity contribution is -0.299. The van der Waals surface area contributed by atoms with Crippen molar-refractivity contribution < 1.29 is 63.2 Å². The van der Waals surface area contributed by atoms with Gasteiger partial charge in [0.1, 0.15) is 29.7 Å². The minimum absolute atomic E-state index is 0.0863. The van der Waals surface area contributed by atoms with Crippen molar-refractivity contribution in [1.29, 1.82) is 0 Å². The largest absolute Gasteiger partial charge is 0.508 e. The van der Waals surface area contributed by atoms with E-state index in [1.165, 1.54) is 14.0 Å². The Morgan fingerprint density at radius 3 is 2.12 bits per heavy atom. The van der Waals surface area contributed by atoms with E-state index in [1.54, 1.807) is 72.7 Å². The van der Waals surface area contributed by atoms with E-state index in [4.69, 9.17) is 28.4 Å². The molecule has 2 aliphatic rings. The van der Waals surface area contributed by atoms with Gasteiger partial charge in [0, 0.05) is 45.1 Å². The maximum atomic E-state index is 14.4. The molecule has 2 amide bonds. The number of unbranched alkanes of at least 4 members (excludes halogenated alkanes) is 1. The van der Waals surface area contributed by atoms with Crippen LogP contribution < -0.4 is 10.6 Å². The molecule has 2 fully saturated rings. The molecule has 0 aliphatic carbocycles. The highest BCUT2D eigenvalue weighted by Crippen LogP contribution is 2.39. The van der Waals surface area contributed by atoms with Gasteiger partial charge in [0.05, 0.1) is 29.3 Å². The fraction of sp³-hybridized carbons (Fsp3) is 0.795. The maximum Gasteiger partial charge on any atom is 0.407 e. The first-order valence-corrected chi connectivity index (χ1v) is 21.6. The van der Waals surface area contributed by atoms with Crippen LogP contribution in [0.1, 0.15) is 107 Å². The first-order valence-electron chi connectivity index (χ1n) is 21.6. The molecule has 0 spiro atoms. The number of nitrogens with zero attached hydrogens (tertiary/aromatic N) is 1. The standard InChI is InChI=1S/C44H75N3O13/c1-13-15-21-45-40(51)59-37-27(4)35(58-34-24-43(9,55-12)36(49)30(7)56-34)28(5)39(50)57-33(14-2)44(10,54)38(29(6)47(11)25-26(3)23-42(37,8)53)60-41(52)46-22-20-31-16-18-32(48)19-17-31/h16-19,26-30,33-38,48-49,53-54H,13-15,20-25H2,1-12H3,(H,45,51)(H,46,52)/t26-,27+,28-,29-,30+,33-,34+,35+,36+,37-,38+,42-,43-,44-/m1/s1. The number of ether oxygens (including phenoxy) is 6. The number of nitrogens with one attached hydrogen (secondary N) is 2. The van der Waals surface area contributed by atoms with Crippen LogP contribution in [0.5, 0.6) is 5.75 Å². The van der Waals surface area contributed by atoms with Crippen LogP contribution in [0.3, 0.4) is 0 Å². The van der Waals surface area contributed by atoms with Crippen molar-refractivity contribution in [2.45, 2.75) is 174 Å². The number of aliphatic hydroxyl groups is 3. The van der Waals surface area contributed by atoms with Gasteiger partial charge >= 0.3 is 18.2 Å². The zero-order valence-electron chi connectivity index (χ0n) is 37.9. The number of phenolic OH excluding ortho intramolecular Hbond substituents is 1. The van der Waals surface area contributed by atoms with Crippen LogP contribution in [-0.4, -0.2) is 143 Å². The summed E-state index contributed by atoms with van der Waals surface area (Å²) < 4.78 is 36.8. The number of esters is 1. The van der Waals surface area contributed by atoms with Gasteiger partial charge < -0.3 is 59.5 Å². The Morgan fingerprint density at radius 1 is 0.933 bits per heavy atom. The zero-order chi connectivity index (χ0) is 45.2. The molecule has 2 saturated heterocycles. The quantitative estimate of drug-likeness (QED) is 0.0959. The SMILES string of the molecule is CCCCNC(=O)O[C@@H]1[C@@H](C)[C@H](O[C@H]2C[C@@](C)(OC)[C@@H](O)[C@H](C)O2)[C@@H](C)C(=O)O[C@H](CC)[C@@](C)(O)[C@@H](OC(=O)NCCc2ccc(O)cc2)[C@@H](C)N(C)C[C@H](C)C[C@@]1(C)O. The van der Waals surface area contributed by atoms with Crippen molar-refractivity contribution in [2.75, 3.05) is 33.8 Å². The van der Waals surface area contributed by atoms with Gasteiger partial charge in [-0.25, -0.2) is 9.59 Å². The number of cyclic esters (lactones) is 1. The Hall–Kier alpha value is -3.25. The number of carbonyl (C=O) groups excluding carboxylic acids is 3. The molecule has 1 aromatic carbocycles. The summed E-state index contributed by atoms with van der Waals surface area (Å²) in [6.45, 7) is 18.3. The van der Waals surface area contributed by atoms with Crippen LogP contribution >= 0.6 is 0 Å². The highest BCUT2D eigenvalue weighted by molar-refractivity contribution is 5.73. The van der Waals surface area contributed by atoms with Crippen LogP contribution in [0, 0.1) is 17.8 Å². The van der Waals surface area contributed by atoms with Crippen LogP contribution in [-0.2, 0) is 39.6 Å². The third kappa shape index (κ3) is 13.4. The number of likely N-dealkylation sites (N-methyl/N-ethyl adjacent to an activating group) is 1. The third-order valence-corrected chi connectivity index (χ3v) is 12.5. The smallest absolute Gasteiger partial charge is 0.407 e. The number of amides is 2. The lowest BCUT2D eigenvalue weighted by Crippen LogP contribution is -2.61. The molecule has 14 atom stereocenters. The first-order chi connectivity index (χ1) is 28.0. The molecule has 0 saturated carbocycles. The fourth-order valence-corrected chi connectivity index (χ4v) is 8.75. The first kappa shape index (κ1) is 51.1. The molecule has 0 bridgehead atoms. The van der Waals surface area contributed by atoms with Gasteiger partial charge in [-0.15, -0.1) is 0 Å². The summed E-state index contributed by atoms with van der Waals surface area (Å²) >= 11 is 0. The number of phenols is 1. The number of aromatic hydroxyl groups is 1. The number of rotatable bonds is 12. The molecule has 344 valence electrons. The molecule has 60 heavy (non-hydrogen) atoms. The minimum atomic E-state index is -1.91. The van der Waals surface area contributed by atoms with Gasteiger partial charge in [-0.2, -0.15) is 0 Å². The lowest BCUT2D eigenvalue weighted by Gasteiger charge is -2.47. The summed E-state index contributed by atoms with van der Waals surface area (Å²) in [4.78, 5) is 43.1. The molecule has 6 N–H and O–H groups in total. The van der Waals surface area contributed by atoms with Crippen LogP contribution in [0.4, 0.5) is 9.59 Å². The number of alkyl carbamates (subject to hydrolysis) is 2.